The molecule has 1 aliphatic rings. The number of aliphatic carboxylic acids is 1. The summed E-state index contributed by atoms with van der Waals surface area (Å²) >= 11 is 0. The van der Waals surface area contributed by atoms with E-state index in [1.807, 2.05) is 0 Å². The van der Waals surface area contributed by atoms with Crippen molar-refractivity contribution >= 4 is 5.97 Å². The van der Waals surface area contributed by atoms with Crippen molar-refractivity contribution in [1.82, 2.24) is 0 Å². The smallest absolute Gasteiger partial charge is 0.310 e. The van der Waals surface area contributed by atoms with Crippen LogP contribution in [0.5, 0.6) is 0 Å². The standard InChI is InChI=1S/C10H18O2/c1-4-9(2,3)10(8(11)12)6-5-7-10/h4-7H2,1-3H3,(H,11,12). The number of carboxylic acid groups (broad SMARTS) is 1. The van der Waals surface area contributed by atoms with E-state index in [2.05, 4.69) is 20.8 Å². The average molecular weight is 170 g/mol. The first kappa shape index (κ1) is 9.56. The third kappa shape index (κ3) is 1.05. The maximum atomic E-state index is 11.1. The van der Waals surface area contributed by atoms with Gasteiger partial charge >= 0.3 is 5.97 Å². The first-order chi connectivity index (χ1) is 5.46. The van der Waals surface area contributed by atoms with Crippen LogP contribution in [0.25, 0.3) is 0 Å². The van der Waals surface area contributed by atoms with Gasteiger partial charge in [0.25, 0.3) is 0 Å². The van der Waals surface area contributed by atoms with E-state index in [4.69, 9.17) is 5.11 Å². The third-order valence-corrected chi connectivity index (χ3v) is 3.80. The van der Waals surface area contributed by atoms with E-state index in [9.17, 15) is 4.79 Å². The molecule has 0 heterocycles. The van der Waals surface area contributed by atoms with Gasteiger partial charge in [0, 0.05) is 0 Å². The van der Waals surface area contributed by atoms with E-state index in [-0.39, 0.29) is 5.41 Å². The van der Waals surface area contributed by atoms with Crippen molar-refractivity contribution in [2.45, 2.75) is 46.5 Å². The lowest BCUT2D eigenvalue weighted by Gasteiger charge is -2.49. The highest BCUT2D eigenvalue weighted by Gasteiger charge is 2.54. The van der Waals surface area contributed by atoms with Crippen molar-refractivity contribution in [3.8, 4) is 0 Å². The molecule has 1 N–H and O–H groups in total. The second kappa shape index (κ2) is 2.75. The summed E-state index contributed by atoms with van der Waals surface area (Å²) in [6.45, 7) is 6.21. The summed E-state index contributed by atoms with van der Waals surface area (Å²) in [4.78, 5) is 11.1. The van der Waals surface area contributed by atoms with Gasteiger partial charge in [0.05, 0.1) is 5.41 Å². The lowest BCUT2D eigenvalue weighted by atomic mass is 9.53. The van der Waals surface area contributed by atoms with Gasteiger partial charge in [0.1, 0.15) is 0 Å². The minimum atomic E-state index is -0.597. The molecule has 1 rings (SSSR count). The quantitative estimate of drug-likeness (QED) is 0.707. The average Bonchev–Trinajstić information content (AvgIpc) is 1.83. The second-order valence-electron chi connectivity index (χ2n) is 4.48. The van der Waals surface area contributed by atoms with Crippen molar-refractivity contribution in [3.63, 3.8) is 0 Å². The SMILES string of the molecule is CCC(C)(C)C1(C(=O)O)CCC1. The van der Waals surface area contributed by atoms with Crippen LogP contribution >= 0.6 is 0 Å². The number of rotatable bonds is 3. The molecule has 0 spiro atoms. The van der Waals surface area contributed by atoms with Gasteiger partial charge in [-0.3, -0.25) is 4.79 Å². The molecule has 0 unspecified atom stereocenters. The van der Waals surface area contributed by atoms with Crippen LogP contribution in [-0.4, -0.2) is 11.1 Å². The molecular weight excluding hydrogens is 152 g/mol. The molecule has 12 heavy (non-hydrogen) atoms. The van der Waals surface area contributed by atoms with Crippen molar-refractivity contribution < 1.29 is 9.90 Å². The van der Waals surface area contributed by atoms with Crippen LogP contribution < -0.4 is 0 Å². The van der Waals surface area contributed by atoms with E-state index < -0.39 is 11.4 Å². The molecule has 1 fully saturated rings. The summed E-state index contributed by atoms with van der Waals surface area (Å²) in [5, 5.41) is 9.15. The first-order valence-electron chi connectivity index (χ1n) is 4.70. The molecule has 0 aromatic rings. The summed E-state index contributed by atoms with van der Waals surface area (Å²) in [5.74, 6) is -0.597. The minimum absolute atomic E-state index is 0.0446. The Balaban J connectivity index is 2.87. The zero-order chi connectivity index (χ0) is 9.41. The molecule has 0 amide bonds. The van der Waals surface area contributed by atoms with Gasteiger partial charge in [0.15, 0.2) is 0 Å². The number of carbonyl (C=O) groups is 1. The Morgan fingerprint density at radius 1 is 1.50 bits per heavy atom. The third-order valence-electron chi connectivity index (χ3n) is 3.80. The Bertz CT molecular complexity index is 190. The van der Waals surface area contributed by atoms with Crippen LogP contribution in [0.4, 0.5) is 0 Å². The van der Waals surface area contributed by atoms with E-state index in [0.717, 1.165) is 25.7 Å². The molecule has 1 aliphatic carbocycles. The maximum absolute atomic E-state index is 11.1. The highest BCUT2D eigenvalue weighted by molar-refractivity contribution is 5.76. The van der Waals surface area contributed by atoms with Gasteiger partial charge < -0.3 is 5.11 Å². The molecule has 70 valence electrons. The highest BCUT2D eigenvalue weighted by atomic mass is 16.4. The monoisotopic (exact) mass is 170 g/mol. The lowest BCUT2D eigenvalue weighted by Crippen LogP contribution is -2.49. The number of hydrogen-bond donors (Lipinski definition) is 1. The fourth-order valence-corrected chi connectivity index (χ4v) is 2.05. The van der Waals surface area contributed by atoms with E-state index in [1.54, 1.807) is 0 Å². The fraction of sp³-hybridized carbons (Fsp3) is 0.900. The molecule has 0 radical (unpaired) electrons. The molecule has 0 aromatic heterocycles. The zero-order valence-corrected chi connectivity index (χ0v) is 8.18. The van der Waals surface area contributed by atoms with Crippen molar-refractivity contribution in [2.24, 2.45) is 10.8 Å². The normalized spacial score (nSPS) is 21.6. The minimum Gasteiger partial charge on any atom is -0.481 e. The summed E-state index contributed by atoms with van der Waals surface area (Å²) in [5.41, 5.74) is -0.459. The topological polar surface area (TPSA) is 37.3 Å². The Kier molecular flexibility index (Phi) is 2.19. The lowest BCUT2D eigenvalue weighted by molar-refractivity contribution is -0.166. The van der Waals surface area contributed by atoms with Gasteiger partial charge in [0.2, 0.25) is 0 Å². The van der Waals surface area contributed by atoms with Gasteiger partial charge in [-0.1, -0.05) is 27.2 Å². The van der Waals surface area contributed by atoms with Gasteiger partial charge in [-0.05, 0) is 24.7 Å². The summed E-state index contributed by atoms with van der Waals surface area (Å²) in [6.07, 6.45) is 3.75. The Hall–Kier alpha value is -0.530. The van der Waals surface area contributed by atoms with Gasteiger partial charge in [-0.15, -0.1) is 0 Å². The highest BCUT2D eigenvalue weighted by Crippen LogP contribution is 2.55. The van der Waals surface area contributed by atoms with Crippen molar-refractivity contribution in [1.29, 1.82) is 0 Å². The molecule has 2 heteroatoms. The van der Waals surface area contributed by atoms with Crippen LogP contribution in [0, 0.1) is 10.8 Å². The number of carboxylic acids is 1. The van der Waals surface area contributed by atoms with Crippen LogP contribution in [0.1, 0.15) is 46.5 Å². The van der Waals surface area contributed by atoms with Crippen LogP contribution in [0.15, 0.2) is 0 Å². The maximum Gasteiger partial charge on any atom is 0.310 e. The Morgan fingerprint density at radius 2 is 2.00 bits per heavy atom. The second-order valence-corrected chi connectivity index (χ2v) is 4.48. The fourth-order valence-electron chi connectivity index (χ4n) is 2.05. The molecule has 0 bridgehead atoms. The predicted molar refractivity (Wildman–Crippen MR) is 48.0 cm³/mol. The Labute approximate surface area is 74.0 Å². The molecule has 0 aliphatic heterocycles. The molecule has 0 saturated heterocycles. The Morgan fingerprint density at radius 3 is 2.08 bits per heavy atom. The molecule has 1 saturated carbocycles. The molecular formula is C10H18O2. The summed E-state index contributed by atoms with van der Waals surface area (Å²) < 4.78 is 0. The number of hydrogen-bond acceptors (Lipinski definition) is 1. The van der Waals surface area contributed by atoms with Crippen molar-refractivity contribution in [2.75, 3.05) is 0 Å². The largest absolute Gasteiger partial charge is 0.481 e. The van der Waals surface area contributed by atoms with Crippen LogP contribution in [0.3, 0.4) is 0 Å². The molecule has 2 nitrogen and oxygen atoms in total. The predicted octanol–water partition coefficient (Wildman–Crippen LogP) is 2.68. The molecule has 0 aromatic carbocycles. The zero-order valence-electron chi connectivity index (χ0n) is 8.18. The van der Waals surface area contributed by atoms with E-state index in [1.165, 1.54) is 0 Å². The van der Waals surface area contributed by atoms with Crippen LogP contribution in [0.2, 0.25) is 0 Å². The van der Waals surface area contributed by atoms with E-state index >= 15 is 0 Å². The summed E-state index contributed by atoms with van der Waals surface area (Å²) in [6, 6.07) is 0. The summed E-state index contributed by atoms with van der Waals surface area (Å²) in [7, 11) is 0. The van der Waals surface area contributed by atoms with Crippen molar-refractivity contribution in [3.05, 3.63) is 0 Å². The van der Waals surface area contributed by atoms with Crippen LogP contribution in [-0.2, 0) is 4.79 Å². The van der Waals surface area contributed by atoms with E-state index in [0.29, 0.717) is 0 Å². The molecule has 0 atom stereocenters. The van der Waals surface area contributed by atoms with Gasteiger partial charge in [-0.2, -0.15) is 0 Å². The first-order valence-corrected chi connectivity index (χ1v) is 4.70. The van der Waals surface area contributed by atoms with Gasteiger partial charge in [-0.25, -0.2) is 0 Å².